The molecule has 0 saturated heterocycles. The monoisotopic (exact) mass is 525 g/mol. The Balaban J connectivity index is 1.58. The van der Waals surface area contributed by atoms with Gasteiger partial charge in [-0.3, -0.25) is 19.5 Å². The van der Waals surface area contributed by atoms with E-state index in [1.54, 1.807) is 37.0 Å². The molecule has 0 radical (unpaired) electrons. The second-order valence-corrected chi connectivity index (χ2v) is 10.1. The number of non-ortho nitro benzene ring substituents is 1. The second kappa shape index (κ2) is 9.42. The van der Waals surface area contributed by atoms with Crippen LogP contribution in [0.4, 0.5) is 5.69 Å². The smallest absolute Gasteiger partial charge is 0.271 e. The summed E-state index contributed by atoms with van der Waals surface area (Å²) in [6.07, 6.45) is 3.40. The van der Waals surface area contributed by atoms with Crippen molar-refractivity contribution in [1.82, 2.24) is 4.57 Å². The third-order valence-corrected chi connectivity index (χ3v) is 7.98. The maximum absolute atomic E-state index is 13.9. The van der Waals surface area contributed by atoms with Gasteiger partial charge in [0.1, 0.15) is 0 Å². The SMILES string of the molecule is COc1ccc([C@@H]2C3=C(N=c4s/c(=C\c5ccc([N+](=O)[O-])cc5)c(=O)n42)c2ccccc2CC3)cc1OC. The lowest BCUT2D eigenvalue weighted by atomic mass is 9.83. The summed E-state index contributed by atoms with van der Waals surface area (Å²) in [4.78, 5) is 30.1. The quantitative estimate of drug-likeness (QED) is 0.287. The summed E-state index contributed by atoms with van der Waals surface area (Å²) in [5.74, 6) is 1.21. The first-order valence-corrected chi connectivity index (χ1v) is 12.9. The highest BCUT2D eigenvalue weighted by atomic mass is 32.1. The fourth-order valence-electron chi connectivity index (χ4n) is 5.19. The maximum atomic E-state index is 13.9. The number of methoxy groups -OCH3 is 2. The standard InChI is InChI=1S/C29H23N3O5S/c1-36-23-14-10-19(16-24(23)37-2)27-22-13-9-18-5-3-4-6-21(18)26(22)30-29-31(27)28(33)25(38-29)15-17-7-11-20(12-8-17)32(34)35/h3-8,10-12,14-16,27H,9,13H2,1-2H3/b25-15-/t27-/m1/s1. The van der Waals surface area contributed by atoms with E-state index < -0.39 is 4.92 Å². The summed E-state index contributed by atoms with van der Waals surface area (Å²) in [7, 11) is 3.19. The van der Waals surface area contributed by atoms with Gasteiger partial charge in [0.05, 0.1) is 35.4 Å². The molecular weight excluding hydrogens is 502 g/mol. The average Bonchev–Trinajstić information content (AvgIpc) is 3.25. The van der Waals surface area contributed by atoms with Crippen LogP contribution in [0.2, 0.25) is 0 Å². The van der Waals surface area contributed by atoms with Gasteiger partial charge in [-0.05, 0) is 65.4 Å². The minimum Gasteiger partial charge on any atom is -0.493 e. The van der Waals surface area contributed by atoms with Gasteiger partial charge in [-0.2, -0.15) is 0 Å². The highest BCUT2D eigenvalue weighted by Gasteiger charge is 2.33. The molecule has 0 saturated carbocycles. The van der Waals surface area contributed by atoms with Crippen molar-refractivity contribution in [1.29, 1.82) is 0 Å². The molecule has 0 unspecified atom stereocenters. The average molecular weight is 526 g/mol. The molecule has 190 valence electrons. The van der Waals surface area contributed by atoms with Crippen LogP contribution in [0.25, 0.3) is 11.8 Å². The molecule has 0 amide bonds. The Morgan fingerprint density at radius 1 is 1.03 bits per heavy atom. The topological polar surface area (TPSA) is 96.0 Å². The van der Waals surface area contributed by atoms with Crippen molar-refractivity contribution in [3.8, 4) is 11.5 Å². The zero-order valence-corrected chi connectivity index (χ0v) is 21.5. The summed E-state index contributed by atoms with van der Waals surface area (Å²) < 4.78 is 13.3. The Morgan fingerprint density at radius 3 is 2.53 bits per heavy atom. The van der Waals surface area contributed by atoms with Crippen molar-refractivity contribution in [2.75, 3.05) is 14.2 Å². The molecule has 1 aliphatic heterocycles. The number of ether oxygens (including phenoxy) is 2. The van der Waals surface area contributed by atoms with Crippen LogP contribution < -0.4 is 24.4 Å². The molecule has 38 heavy (non-hydrogen) atoms. The first-order chi connectivity index (χ1) is 18.5. The maximum Gasteiger partial charge on any atom is 0.271 e. The van der Waals surface area contributed by atoms with E-state index in [-0.39, 0.29) is 17.3 Å². The van der Waals surface area contributed by atoms with E-state index in [0.717, 1.165) is 35.2 Å². The van der Waals surface area contributed by atoms with E-state index >= 15 is 0 Å². The number of hydrogen-bond acceptors (Lipinski definition) is 7. The second-order valence-electron chi connectivity index (χ2n) is 9.08. The Hall–Kier alpha value is -4.50. The van der Waals surface area contributed by atoms with Gasteiger partial charge in [-0.25, -0.2) is 4.99 Å². The van der Waals surface area contributed by atoms with Crippen molar-refractivity contribution in [3.05, 3.63) is 124 Å². The fraction of sp³-hybridized carbons (Fsp3) is 0.172. The number of allylic oxidation sites excluding steroid dienone is 1. The first-order valence-electron chi connectivity index (χ1n) is 12.1. The number of fused-ring (bicyclic) bond motifs is 3. The number of nitro benzene ring substituents is 1. The van der Waals surface area contributed by atoms with Gasteiger partial charge in [0, 0.05) is 17.7 Å². The molecule has 0 fully saturated rings. The molecule has 2 heterocycles. The molecule has 9 heteroatoms. The summed E-state index contributed by atoms with van der Waals surface area (Å²) in [6, 6.07) is 19.8. The molecular formula is C29H23N3O5S. The molecule has 6 rings (SSSR count). The molecule has 1 aliphatic carbocycles. The van der Waals surface area contributed by atoms with Gasteiger partial charge in [-0.1, -0.05) is 41.7 Å². The van der Waals surface area contributed by atoms with Crippen LogP contribution in [0.5, 0.6) is 11.5 Å². The number of nitrogens with zero attached hydrogens (tertiary/aromatic N) is 3. The zero-order chi connectivity index (χ0) is 26.4. The summed E-state index contributed by atoms with van der Waals surface area (Å²) in [5.41, 5.74) is 5.80. The molecule has 2 aliphatic rings. The zero-order valence-electron chi connectivity index (χ0n) is 20.7. The third kappa shape index (κ3) is 3.92. The van der Waals surface area contributed by atoms with E-state index in [2.05, 4.69) is 12.1 Å². The Bertz CT molecular complexity index is 1800. The molecule has 0 N–H and O–H groups in total. The largest absolute Gasteiger partial charge is 0.493 e. The molecule has 3 aromatic carbocycles. The van der Waals surface area contributed by atoms with Crippen LogP contribution >= 0.6 is 11.3 Å². The van der Waals surface area contributed by atoms with E-state index in [4.69, 9.17) is 14.5 Å². The van der Waals surface area contributed by atoms with Crippen molar-refractivity contribution in [2.45, 2.75) is 18.9 Å². The first kappa shape index (κ1) is 23.9. The lowest BCUT2D eigenvalue weighted by Crippen LogP contribution is -2.38. The van der Waals surface area contributed by atoms with Crippen LogP contribution in [0, 0.1) is 10.1 Å². The number of hydrogen-bond donors (Lipinski definition) is 0. The van der Waals surface area contributed by atoms with Crippen molar-refractivity contribution in [3.63, 3.8) is 0 Å². The van der Waals surface area contributed by atoms with E-state index in [1.807, 2.05) is 30.3 Å². The van der Waals surface area contributed by atoms with E-state index in [0.29, 0.717) is 26.4 Å². The van der Waals surface area contributed by atoms with Gasteiger partial charge in [0.2, 0.25) is 0 Å². The van der Waals surface area contributed by atoms with Crippen LogP contribution in [0.3, 0.4) is 0 Å². The highest BCUT2D eigenvalue weighted by Crippen LogP contribution is 2.42. The Morgan fingerprint density at radius 2 is 1.79 bits per heavy atom. The van der Waals surface area contributed by atoms with Gasteiger partial charge in [-0.15, -0.1) is 0 Å². The van der Waals surface area contributed by atoms with Crippen LogP contribution in [-0.2, 0) is 6.42 Å². The molecule has 8 nitrogen and oxygen atoms in total. The lowest BCUT2D eigenvalue weighted by molar-refractivity contribution is -0.384. The van der Waals surface area contributed by atoms with Crippen molar-refractivity contribution in [2.24, 2.45) is 4.99 Å². The fourth-order valence-corrected chi connectivity index (χ4v) is 6.19. The van der Waals surface area contributed by atoms with Gasteiger partial charge < -0.3 is 9.47 Å². The number of aryl methyl sites for hydroxylation is 1. The van der Waals surface area contributed by atoms with Crippen molar-refractivity contribution < 1.29 is 14.4 Å². The molecule has 0 spiro atoms. The van der Waals surface area contributed by atoms with Crippen molar-refractivity contribution >= 4 is 28.8 Å². The minimum atomic E-state index is -0.441. The molecule has 1 atom stereocenters. The highest BCUT2D eigenvalue weighted by molar-refractivity contribution is 7.07. The number of benzene rings is 3. The van der Waals surface area contributed by atoms with Crippen LogP contribution in [-0.4, -0.2) is 23.7 Å². The summed E-state index contributed by atoms with van der Waals surface area (Å²) in [6.45, 7) is 0. The van der Waals surface area contributed by atoms with E-state index in [9.17, 15) is 14.9 Å². The number of nitro groups is 1. The Kier molecular flexibility index (Phi) is 5.92. The van der Waals surface area contributed by atoms with Gasteiger partial charge in [0.25, 0.3) is 11.2 Å². The minimum absolute atomic E-state index is 0.00315. The van der Waals surface area contributed by atoms with E-state index in [1.165, 1.54) is 29.0 Å². The lowest BCUT2D eigenvalue weighted by Gasteiger charge is -2.31. The number of thiazole rings is 1. The third-order valence-electron chi connectivity index (χ3n) is 7.00. The molecule has 4 aromatic rings. The van der Waals surface area contributed by atoms with Gasteiger partial charge in [0.15, 0.2) is 16.3 Å². The summed E-state index contributed by atoms with van der Waals surface area (Å²) >= 11 is 1.32. The normalized spacial score (nSPS) is 16.3. The molecule has 1 aromatic heterocycles. The van der Waals surface area contributed by atoms with Gasteiger partial charge >= 0.3 is 0 Å². The number of aromatic nitrogens is 1. The summed E-state index contributed by atoms with van der Waals surface area (Å²) in [5, 5.41) is 11.0. The number of rotatable bonds is 5. The molecule has 0 bridgehead atoms. The van der Waals surface area contributed by atoms with Crippen LogP contribution in [0.15, 0.2) is 82.1 Å². The predicted molar refractivity (Wildman–Crippen MR) is 145 cm³/mol. The Labute approximate surface area is 221 Å². The predicted octanol–water partition coefficient (Wildman–Crippen LogP) is 4.24. The van der Waals surface area contributed by atoms with Crippen LogP contribution in [0.1, 0.15) is 34.7 Å².